The summed E-state index contributed by atoms with van der Waals surface area (Å²) < 4.78 is 19.3. The lowest BCUT2D eigenvalue weighted by atomic mass is 9.84. The molecule has 3 aliphatic rings. The van der Waals surface area contributed by atoms with Gasteiger partial charge in [-0.1, -0.05) is 18.6 Å². The van der Waals surface area contributed by atoms with Crippen LogP contribution in [0, 0.1) is 11.7 Å². The number of amides is 3. The van der Waals surface area contributed by atoms with Crippen LogP contribution in [0.5, 0.6) is 0 Å². The Morgan fingerprint density at radius 1 is 1.18 bits per heavy atom. The average Bonchev–Trinajstić information content (AvgIpc) is 2.76. The Morgan fingerprint density at radius 3 is 2.52 bits per heavy atom. The fourth-order valence-corrected chi connectivity index (χ4v) is 4.59. The predicted octanol–water partition coefficient (Wildman–Crippen LogP) is 2.28. The van der Waals surface area contributed by atoms with E-state index in [4.69, 9.17) is 4.74 Å². The summed E-state index contributed by atoms with van der Waals surface area (Å²) in [6, 6.07) is 4.69. The third-order valence-corrected chi connectivity index (χ3v) is 6.77. The molecular formula is C24H31FN4O4. The van der Waals surface area contributed by atoms with Crippen LogP contribution in [0.15, 0.2) is 35.5 Å². The largest absolute Gasteiger partial charge is 0.463 e. The molecule has 1 saturated heterocycles. The van der Waals surface area contributed by atoms with Crippen LogP contribution in [0.2, 0.25) is 0 Å². The van der Waals surface area contributed by atoms with Crippen LogP contribution in [0.1, 0.15) is 37.8 Å². The first kappa shape index (κ1) is 23.2. The number of hydrogen-bond acceptors (Lipinski definition) is 5. The van der Waals surface area contributed by atoms with Gasteiger partial charge < -0.3 is 15.0 Å². The molecule has 1 aliphatic carbocycles. The second kappa shape index (κ2) is 9.91. The van der Waals surface area contributed by atoms with Gasteiger partial charge in [0, 0.05) is 51.4 Å². The number of ether oxygens (including phenoxy) is 1. The predicted molar refractivity (Wildman–Crippen MR) is 119 cm³/mol. The number of halogens is 1. The summed E-state index contributed by atoms with van der Waals surface area (Å²) >= 11 is 0. The molecule has 33 heavy (non-hydrogen) atoms. The minimum Gasteiger partial charge on any atom is -0.463 e. The molecule has 2 fully saturated rings. The van der Waals surface area contributed by atoms with Gasteiger partial charge in [0.15, 0.2) is 0 Å². The lowest BCUT2D eigenvalue weighted by Gasteiger charge is -2.41. The number of piperazine rings is 1. The monoisotopic (exact) mass is 458 g/mol. The molecule has 3 amide bonds. The van der Waals surface area contributed by atoms with E-state index in [9.17, 15) is 18.8 Å². The Morgan fingerprint density at radius 2 is 1.91 bits per heavy atom. The Balaban J connectivity index is 1.58. The van der Waals surface area contributed by atoms with Crippen molar-refractivity contribution in [2.45, 2.75) is 32.2 Å². The Bertz CT molecular complexity index is 954. The van der Waals surface area contributed by atoms with Crippen molar-refractivity contribution in [2.75, 3.05) is 46.4 Å². The maximum Gasteiger partial charge on any atom is 0.338 e. The maximum absolute atomic E-state index is 13.9. The number of nitrogens with one attached hydrogen (secondary N) is 1. The van der Waals surface area contributed by atoms with E-state index in [1.165, 1.54) is 17.0 Å². The van der Waals surface area contributed by atoms with Gasteiger partial charge in [-0.05, 0) is 37.5 Å². The molecule has 8 nitrogen and oxygen atoms in total. The van der Waals surface area contributed by atoms with Crippen LogP contribution in [0.3, 0.4) is 0 Å². The topological polar surface area (TPSA) is 82.2 Å². The average molecular weight is 459 g/mol. The normalized spacial score (nSPS) is 22.2. The van der Waals surface area contributed by atoms with E-state index in [1.807, 2.05) is 4.90 Å². The van der Waals surface area contributed by atoms with Gasteiger partial charge in [0.05, 0.1) is 18.2 Å². The van der Waals surface area contributed by atoms with Gasteiger partial charge in [0.1, 0.15) is 5.82 Å². The Hall–Kier alpha value is -2.94. The summed E-state index contributed by atoms with van der Waals surface area (Å²) in [5.74, 6) is -0.562. The zero-order chi connectivity index (χ0) is 23.5. The number of likely N-dealkylation sites (N-methyl/N-ethyl adjacent to an activating group) is 1. The third kappa shape index (κ3) is 4.88. The quantitative estimate of drug-likeness (QED) is 0.662. The fraction of sp³-hybridized carbons (Fsp3) is 0.542. The molecule has 178 valence electrons. The summed E-state index contributed by atoms with van der Waals surface area (Å²) in [5, 5.41) is 2.80. The van der Waals surface area contributed by atoms with Gasteiger partial charge in [-0.15, -0.1) is 0 Å². The van der Waals surface area contributed by atoms with Crippen molar-refractivity contribution in [3.63, 3.8) is 0 Å². The van der Waals surface area contributed by atoms with Crippen LogP contribution in [-0.2, 0) is 14.3 Å². The summed E-state index contributed by atoms with van der Waals surface area (Å²) in [6.45, 7) is 4.82. The molecule has 1 saturated carbocycles. The lowest BCUT2D eigenvalue weighted by Crippen LogP contribution is -2.54. The molecule has 0 radical (unpaired) electrons. The number of hydrogen-bond donors (Lipinski definition) is 1. The van der Waals surface area contributed by atoms with Crippen LogP contribution < -0.4 is 5.32 Å². The van der Waals surface area contributed by atoms with Crippen molar-refractivity contribution < 1.29 is 23.5 Å². The number of benzene rings is 1. The molecule has 0 spiro atoms. The number of carbonyl (C=O) groups excluding carboxylic acids is 3. The Labute approximate surface area is 193 Å². The van der Waals surface area contributed by atoms with Crippen LogP contribution in [0.4, 0.5) is 9.18 Å². The Kier molecular flexibility index (Phi) is 6.97. The molecule has 1 aromatic rings. The molecule has 1 N–H and O–H groups in total. The molecule has 0 bridgehead atoms. The number of nitrogens with zero attached hydrogens (tertiary/aromatic N) is 3. The smallest absolute Gasteiger partial charge is 0.338 e. The molecule has 1 atom stereocenters. The van der Waals surface area contributed by atoms with Crippen molar-refractivity contribution >= 4 is 17.9 Å². The van der Waals surface area contributed by atoms with Crippen LogP contribution in [-0.4, -0.2) is 79.0 Å². The molecule has 9 heteroatoms. The summed E-state index contributed by atoms with van der Waals surface area (Å²) in [4.78, 5) is 43.8. The first-order valence-electron chi connectivity index (χ1n) is 11.6. The first-order valence-corrected chi connectivity index (χ1v) is 11.6. The fourth-order valence-electron chi connectivity index (χ4n) is 4.59. The van der Waals surface area contributed by atoms with Crippen molar-refractivity contribution in [3.05, 3.63) is 46.9 Å². The van der Waals surface area contributed by atoms with E-state index in [2.05, 4.69) is 10.2 Å². The SMILES string of the molecule is CCOC(=O)C1=C(CN2CCN(C(=O)C3CCC3)CC2)N(C)C(=O)N[C@H]1c1cccc(F)c1. The van der Waals surface area contributed by atoms with E-state index >= 15 is 0 Å². The highest BCUT2D eigenvalue weighted by molar-refractivity contribution is 5.95. The molecular weight excluding hydrogens is 427 g/mol. The lowest BCUT2D eigenvalue weighted by molar-refractivity contribution is -0.140. The number of esters is 1. The zero-order valence-electron chi connectivity index (χ0n) is 19.2. The van der Waals surface area contributed by atoms with Gasteiger partial charge in [0.2, 0.25) is 5.91 Å². The number of carbonyl (C=O) groups is 3. The van der Waals surface area contributed by atoms with Crippen molar-refractivity contribution in [2.24, 2.45) is 5.92 Å². The highest BCUT2D eigenvalue weighted by Crippen LogP contribution is 2.32. The standard InChI is InChI=1S/C24H31FN4O4/c1-3-33-23(31)20-19(15-28-10-12-29(13-11-28)22(30)16-6-4-7-16)27(2)24(32)26-21(20)17-8-5-9-18(25)14-17/h5,8-9,14,16,21H,3-4,6-7,10-13,15H2,1-2H3,(H,26,32)/t21-/m0/s1. The van der Waals surface area contributed by atoms with Crippen LogP contribution in [0.25, 0.3) is 0 Å². The second-order valence-electron chi connectivity index (χ2n) is 8.81. The minimum atomic E-state index is -0.806. The summed E-state index contributed by atoms with van der Waals surface area (Å²) in [6.07, 6.45) is 3.09. The molecule has 2 aliphatic heterocycles. The third-order valence-electron chi connectivity index (χ3n) is 6.77. The van der Waals surface area contributed by atoms with Crippen molar-refractivity contribution in [3.8, 4) is 0 Å². The molecule has 0 aromatic heterocycles. The number of urea groups is 1. The van der Waals surface area contributed by atoms with Gasteiger partial charge in [-0.2, -0.15) is 0 Å². The van der Waals surface area contributed by atoms with E-state index in [0.717, 1.165) is 19.3 Å². The van der Waals surface area contributed by atoms with E-state index in [0.29, 0.717) is 49.6 Å². The number of rotatable bonds is 6. The second-order valence-corrected chi connectivity index (χ2v) is 8.81. The van der Waals surface area contributed by atoms with Gasteiger partial charge in [-0.25, -0.2) is 14.0 Å². The first-order chi connectivity index (χ1) is 15.9. The maximum atomic E-state index is 13.9. The van der Waals surface area contributed by atoms with Gasteiger partial charge in [0.25, 0.3) is 0 Å². The highest BCUT2D eigenvalue weighted by Gasteiger charge is 2.38. The molecule has 4 rings (SSSR count). The van der Waals surface area contributed by atoms with Gasteiger partial charge >= 0.3 is 12.0 Å². The van der Waals surface area contributed by atoms with E-state index in [-0.39, 0.29) is 24.5 Å². The molecule has 2 heterocycles. The van der Waals surface area contributed by atoms with Crippen molar-refractivity contribution in [1.29, 1.82) is 0 Å². The van der Waals surface area contributed by atoms with E-state index < -0.39 is 17.8 Å². The summed E-state index contributed by atoms with van der Waals surface area (Å²) in [5.41, 5.74) is 1.32. The minimum absolute atomic E-state index is 0.176. The van der Waals surface area contributed by atoms with Crippen molar-refractivity contribution in [1.82, 2.24) is 20.0 Å². The highest BCUT2D eigenvalue weighted by atomic mass is 19.1. The molecule has 1 aromatic carbocycles. The summed E-state index contributed by atoms with van der Waals surface area (Å²) in [7, 11) is 1.61. The van der Waals surface area contributed by atoms with Gasteiger partial charge in [-0.3, -0.25) is 14.6 Å². The van der Waals surface area contributed by atoms with Crippen LogP contribution >= 0.6 is 0 Å². The van der Waals surface area contributed by atoms with E-state index in [1.54, 1.807) is 26.1 Å². The zero-order valence-corrected chi connectivity index (χ0v) is 19.2. The molecule has 0 unspecified atom stereocenters.